The number of hydrogen-bond acceptors (Lipinski definition) is 1. The Bertz CT molecular complexity index is 610. The van der Waals surface area contributed by atoms with E-state index in [9.17, 15) is 13.6 Å². The first-order valence-electron chi connectivity index (χ1n) is 6.85. The van der Waals surface area contributed by atoms with Crippen LogP contribution in [-0.2, 0) is 17.8 Å². The maximum Gasteiger partial charge on any atom is 0.227 e. The Kier molecular flexibility index (Phi) is 5.04. The van der Waals surface area contributed by atoms with Crippen LogP contribution in [0.1, 0.15) is 18.1 Å². The average molecular weight is 289 g/mol. The van der Waals surface area contributed by atoms with Crippen LogP contribution in [0.3, 0.4) is 0 Å². The van der Waals surface area contributed by atoms with Crippen LogP contribution in [0.25, 0.3) is 0 Å². The first kappa shape index (κ1) is 15.2. The summed E-state index contributed by atoms with van der Waals surface area (Å²) in [6.45, 7) is 2.78. The van der Waals surface area contributed by atoms with Crippen LogP contribution < -0.4 is 0 Å². The van der Waals surface area contributed by atoms with E-state index in [1.54, 1.807) is 29.2 Å². The lowest BCUT2D eigenvalue weighted by Crippen LogP contribution is -2.31. The molecule has 0 aliphatic heterocycles. The minimum Gasteiger partial charge on any atom is -0.338 e. The largest absolute Gasteiger partial charge is 0.338 e. The van der Waals surface area contributed by atoms with Crippen molar-refractivity contribution in [2.24, 2.45) is 0 Å². The number of rotatable bonds is 5. The Hall–Kier alpha value is -2.23. The topological polar surface area (TPSA) is 20.3 Å². The smallest absolute Gasteiger partial charge is 0.227 e. The van der Waals surface area contributed by atoms with Crippen LogP contribution in [0.5, 0.6) is 0 Å². The number of benzene rings is 2. The van der Waals surface area contributed by atoms with Crippen LogP contribution in [-0.4, -0.2) is 17.4 Å². The van der Waals surface area contributed by atoms with Crippen LogP contribution in [0, 0.1) is 11.6 Å². The minimum absolute atomic E-state index is 0.0617. The average Bonchev–Trinajstić information content (AvgIpc) is 2.47. The molecule has 2 aromatic rings. The molecule has 0 spiro atoms. The van der Waals surface area contributed by atoms with Crippen LogP contribution in [0.15, 0.2) is 48.5 Å². The van der Waals surface area contributed by atoms with Crippen molar-refractivity contribution in [2.75, 3.05) is 6.54 Å². The molecule has 0 saturated carbocycles. The maximum absolute atomic E-state index is 13.2. The van der Waals surface area contributed by atoms with Crippen molar-refractivity contribution in [1.29, 1.82) is 0 Å². The lowest BCUT2D eigenvalue weighted by Gasteiger charge is -2.21. The van der Waals surface area contributed by atoms with Gasteiger partial charge in [0.1, 0.15) is 11.6 Å². The lowest BCUT2D eigenvalue weighted by atomic mass is 10.1. The molecule has 2 aromatic carbocycles. The van der Waals surface area contributed by atoms with Crippen molar-refractivity contribution in [3.63, 3.8) is 0 Å². The van der Waals surface area contributed by atoms with Gasteiger partial charge in [-0.15, -0.1) is 0 Å². The number of nitrogens with zero attached hydrogens (tertiary/aromatic N) is 1. The second-order valence-corrected chi connectivity index (χ2v) is 4.84. The Morgan fingerprint density at radius 3 is 2.33 bits per heavy atom. The Morgan fingerprint density at radius 1 is 1.00 bits per heavy atom. The van der Waals surface area contributed by atoms with E-state index < -0.39 is 0 Å². The fourth-order valence-electron chi connectivity index (χ4n) is 2.12. The van der Waals surface area contributed by atoms with Crippen molar-refractivity contribution in [3.05, 3.63) is 71.3 Å². The van der Waals surface area contributed by atoms with Gasteiger partial charge in [-0.3, -0.25) is 4.79 Å². The molecule has 4 heteroatoms. The van der Waals surface area contributed by atoms with Crippen molar-refractivity contribution in [3.8, 4) is 0 Å². The van der Waals surface area contributed by atoms with Gasteiger partial charge in [0.25, 0.3) is 0 Å². The number of hydrogen-bond donors (Lipinski definition) is 0. The van der Waals surface area contributed by atoms with Crippen LogP contribution in [0.2, 0.25) is 0 Å². The minimum atomic E-state index is -0.321. The van der Waals surface area contributed by atoms with Gasteiger partial charge >= 0.3 is 0 Å². The molecule has 0 heterocycles. The number of carbonyl (C=O) groups is 1. The van der Waals surface area contributed by atoms with E-state index in [1.807, 2.05) is 6.92 Å². The van der Waals surface area contributed by atoms with E-state index in [4.69, 9.17) is 0 Å². The second-order valence-electron chi connectivity index (χ2n) is 4.84. The molecule has 0 N–H and O–H groups in total. The predicted molar refractivity (Wildman–Crippen MR) is 77.6 cm³/mol. The highest BCUT2D eigenvalue weighted by Crippen LogP contribution is 2.10. The highest BCUT2D eigenvalue weighted by Gasteiger charge is 2.13. The van der Waals surface area contributed by atoms with Gasteiger partial charge in [0.2, 0.25) is 5.91 Å². The van der Waals surface area contributed by atoms with Gasteiger partial charge < -0.3 is 4.90 Å². The summed E-state index contributed by atoms with van der Waals surface area (Å²) in [5.41, 5.74) is 1.52. The van der Waals surface area contributed by atoms with E-state index in [-0.39, 0.29) is 24.0 Å². The number of amides is 1. The molecule has 1 amide bonds. The molecule has 2 rings (SSSR count). The SMILES string of the molecule is CCN(Cc1cccc(F)c1)C(=O)Cc1ccc(F)cc1. The molecular weight excluding hydrogens is 272 g/mol. The van der Waals surface area contributed by atoms with Gasteiger partial charge in [0, 0.05) is 13.1 Å². The van der Waals surface area contributed by atoms with Crippen molar-refractivity contribution < 1.29 is 13.6 Å². The molecule has 0 aliphatic carbocycles. The Morgan fingerprint density at radius 2 is 1.71 bits per heavy atom. The van der Waals surface area contributed by atoms with Crippen molar-refractivity contribution >= 4 is 5.91 Å². The fraction of sp³-hybridized carbons (Fsp3) is 0.235. The third-order valence-electron chi connectivity index (χ3n) is 3.27. The summed E-state index contributed by atoms with van der Waals surface area (Å²) in [4.78, 5) is 13.9. The molecule has 2 nitrogen and oxygen atoms in total. The summed E-state index contributed by atoms with van der Waals surface area (Å²) < 4.78 is 26.0. The summed E-state index contributed by atoms with van der Waals surface area (Å²) >= 11 is 0. The van der Waals surface area contributed by atoms with E-state index in [2.05, 4.69) is 0 Å². The third kappa shape index (κ3) is 4.38. The predicted octanol–water partition coefficient (Wildman–Crippen LogP) is 3.56. The van der Waals surface area contributed by atoms with Gasteiger partial charge in [0.15, 0.2) is 0 Å². The summed E-state index contributed by atoms with van der Waals surface area (Å²) in [5, 5.41) is 0. The van der Waals surface area contributed by atoms with Crippen molar-refractivity contribution in [1.82, 2.24) is 4.90 Å². The summed E-state index contributed by atoms with van der Waals surface area (Å²) in [5.74, 6) is -0.693. The third-order valence-corrected chi connectivity index (χ3v) is 3.27. The zero-order valence-electron chi connectivity index (χ0n) is 11.9. The molecule has 110 valence electrons. The van der Waals surface area contributed by atoms with E-state index in [0.717, 1.165) is 11.1 Å². The standard InChI is InChI=1S/C17H17F2NO/c1-2-20(12-14-4-3-5-16(19)10-14)17(21)11-13-6-8-15(18)9-7-13/h3-10H,2,11-12H2,1H3. The lowest BCUT2D eigenvalue weighted by molar-refractivity contribution is -0.130. The number of carbonyl (C=O) groups excluding carboxylic acids is 1. The summed E-state index contributed by atoms with van der Waals surface area (Å²) in [7, 11) is 0. The molecule has 0 unspecified atom stereocenters. The number of halogens is 2. The molecule has 0 bridgehead atoms. The highest BCUT2D eigenvalue weighted by molar-refractivity contribution is 5.78. The normalized spacial score (nSPS) is 10.4. The Labute approximate surface area is 123 Å². The van der Waals surface area contributed by atoms with Crippen molar-refractivity contribution in [2.45, 2.75) is 19.9 Å². The van der Waals surface area contributed by atoms with Crippen LogP contribution >= 0.6 is 0 Å². The Balaban J connectivity index is 2.03. The monoisotopic (exact) mass is 289 g/mol. The maximum atomic E-state index is 13.2. The molecule has 0 aromatic heterocycles. The molecular formula is C17H17F2NO. The molecule has 0 radical (unpaired) electrons. The van der Waals surface area contributed by atoms with Gasteiger partial charge in [-0.25, -0.2) is 8.78 Å². The second kappa shape index (κ2) is 6.97. The quantitative estimate of drug-likeness (QED) is 0.824. The number of likely N-dealkylation sites (N-methyl/N-ethyl adjacent to an activating group) is 1. The fourth-order valence-corrected chi connectivity index (χ4v) is 2.12. The van der Waals surface area contributed by atoms with Gasteiger partial charge in [-0.05, 0) is 42.3 Å². The van der Waals surface area contributed by atoms with E-state index in [1.165, 1.54) is 24.3 Å². The van der Waals surface area contributed by atoms with Gasteiger partial charge in [0.05, 0.1) is 6.42 Å². The highest BCUT2D eigenvalue weighted by atomic mass is 19.1. The van der Waals surface area contributed by atoms with Crippen LogP contribution in [0.4, 0.5) is 8.78 Å². The summed E-state index contributed by atoms with van der Waals surface area (Å²) in [6, 6.07) is 12.1. The molecule has 0 saturated heterocycles. The molecule has 21 heavy (non-hydrogen) atoms. The molecule has 0 atom stereocenters. The molecule has 0 aliphatic rings. The summed E-state index contributed by atoms with van der Waals surface area (Å²) in [6.07, 6.45) is 0.212. The van der Waals surface area contributed by atoms with E-state index >= 15 is 0 Å². The first-order valence-corrected chi connectivity index (χ1v) is 6.85. The first-order chi connectivity index (χ1) is 10.1. The van der Waals surface area contributed by atoms with Gasteiger partial charge in [-0.2, -0.15) is 0 Å². The zero-order chi connectivity index (χ0) is 15.2. The molecule has 0 fully saturated rings. The zero-order valence-corrected chi connectivity index (χ0v) is 11.9. The van der Waals surface area contributed by atoms with Gasteiger partial charge in [-0.1, -0.05) is 24.3 Å². The van der Waals surface area contributed by atoms with E-state index in [0.29, 0.717) is 13.1 Å².